The first-order chi connectivity index (χ1) is 9.10. The van der Waals surface area contributed by atoms with Crippen LogP contribution in [0.25, 0.3) is 0 Å². The van der Waals surface area contributed by atoms with Crippen LogP contribution < -0.4 is 10.1 Å². The van der Waals surface area contributed by atoms with Crippen molar-refractivity contribution in [2.75, 3.05) is 14.2 Å². The number of aromatic nitrogens is 2. The molecule has 0 saturated heterocycles. The van der Waals surface area contributed by atoms with Crippen LogP contribution in [0.5, 0.6) is 5.75 Å². The molecular formula is C13H15F2N3O. The van der Waals surface area contributed by atoms with E-state index in [-0.39, 0.29) is 5.56 Å². The maximum Gasteiger partial charge on any atom is 0.163 e. The highest BCUT2D eigenvalue weighted by atomic mass is 19.2. The smallest absolute Gasteiger partial charge is 0.163 e. The molecule has 1 aromatic carbocycles. The largest absolute Gasteiger partial charge is 0.493 e. The molecule has 0 amide bonds. The Labute approximate surface area is 110 Å². The van der Waals surface area contributed by atoms with Gasteiger partial charge < -0.3 is 10.1 Å². The standard InChI is InChI=1S/C13H15F2N3O/c1-16-12(8-5-4-6-9(14)11(8)15)13-10(19-3)7-17-18(13)2/h4-7,12,16H,1-3H3. The van der Waals surface area contributed by atoms with E-state index in [1.807, 2.05) is 0 Å². The molecule has 0 bridgehead atoms. The summed E-state index contributed by atoms with van der Waals surface area (Å²) in [5.41, 5.74) is 0.846. The molecule has 1 heterocycles. The molecule has 0 saturated carbocycles. The normalized spacial score (nSPS) is 12.5. The van der Waals surface area contributed by atoms with Gasteiger partial charge in [0.15, 0.2) is 17.4 Å². The van der Waals surface area contributed by atoms with Gasteiger partial charge in [0.1, 0.15) is 5.69 Å². The second kappa shape index (κ2) is 5.36. The molecular weight excluding hydrogens is 252 g/mol. The number of hydrogen-bond donors (Lipinski definition) is 1. The fourth-order valence-corrected chi connectivity index (χ4v) is 2.10. The Morgan fingerprint density at radius 2 is 2.11 bits per heavy atom. The predicted octanol–water partition coefficient (Wildman–Crippen LogP) is 2.02. The summed E-state index contributed by atoms with van der Waals surface area (Å²) in [5.74, 6) is -1.23. The lowest BCUT2D eigenvalue weighted by Gasteiger charge is -2.19. The number of hydrogen-bond acceptors (Lipinski definition) is 3. The molecule has 1 aromatic heterocycles. The zero-order valence-electron chi connectivity index (χ0n) is 10.9. The Morgan fingerprint density at radius 3 is 2.74 bits per heavy atom. The summed E-state index contributed by atoms with van der Waals surface area (Å²) >= 11 is 0. The monoisotopic (exact) mass is 267 g/mol. The topological polar surface area (TPSA) is 39.1 Å². The van der Waals surface area contributed by atoms with Crippen LogP contribution in [0.4, 0.5) is 8.78 Å². The van der Waals surface area contributed by atoms with Crippen molar-refractivity contribution in [3.63, 3.8) is 0 Å². The van der Waals surface area contributed by atoms with E-state index in [0.717, 1.165) is 6.07 Å². The van der Waals surface area contributed by atoms with Crippen molar-refractivity contribution in [3.05, 3.63) is 47.3 Å². The van der Waals surface area contributed by atoms with E-state index in [2.05, 4.69) is 10.4 Å². The molecule has 0 aliphatic heterocycles. The van der Waals surface area contributed by atoms with Crippen LogP contribution in [0.2, 0.25) is 0 Å². The zero-order chi connectivity index (χ0) is 14.0. The van der Waals surface area contributed by atoms with Crippen LogP contribution in [0.15, 0.2) is 24.4 Å². The number of ether oxygens (including phenoxy) is 1. The summed E-state index contributed by atoms with van der Waals surface area (Å²) < 4.78 is 34.0. The van der Waals surface area contributed by atoms with Gasteiger partial charge >= 0.3 is 0 Å². The minimum atomic E-state index is -0.876. The van der Waals surface area contributed by atoms with Gasteiger partial charge in [0.2, 0.25) is 0 Å². The molecule has 2 rings (SSSR count). The minimum absolute atomic E-state index is 0.212. The van der Waals surface area contributed by atoms with Gasteiger partial charge in [-0.25, -0.2) is 8.78 Å². The SMILES string of the molecule is CNC(c1cccc(F)c1F)c1c(OC)cnn1C. The number of benzene rings is 1. The molecule has 1 atom stereocenters. The van der Waals surface area contributed by atoms with Crippen LogP contribution in [0.3, 0.4) is 0 Å². The summed E-state index contributed by atoms with van der Waals surface area (Å²) in [4.78, 5) is 0. The molecule has 0 spiro atoms. The maximum absolute atomic E-state index is 13.9. The fraction of sp³-hybridized carbons (Fsp3) is 0.308. The Bertz CT molecular complexity index is 583. The van der Waals surface area contributed by atoms with Crippen molar-refractivity contribution < 1.29 is 13.5 Å². The van der Waals surface area contributed by atoms with Crippen LogP contribution >= 0.6 is 0 Å². The van der Waals surface area contributed by atoms with E-state index in [1.165, 1.54) is 25.4 Å². The Kier molecular flexibility index (Phi) is 3.80. The van der Waals surface area contributed by atoms with Crippen molar-refractivity contribution in [1.82, 2.24) is 15.1 Å². The molecule has 2 aromatic rings. The fourth-order valence-electron chi connectivity index (χ4n) is 2.10. The van der Waals surface area contributed by atoms with Crippen LogP contribution in [0, 0.1) is 11.6 Å². The third-order valence-electron chi connectivity index (χ3n) is 3.02. The molecule has 102 valence electrons. The molecule has 19 heavy (non-hydrogen) atoms. The highest BCUT2D eigenvalue weighted by Crippen LogP contribution is 2.31. The van der Waals surface area contributed by atoms with Gasteiger partial charge in [0, 0.05) is 12.6 Å². The van der Waals surface area contributed by atoms with E-state index in [0.29, 0.717) is 11.4 Å². The molecule has 0 aliphatic rings. The summed E-state index contributed by atoms with van der Waals surface area (Å²) in [5, 5.41) is 7.03. The van der Waals surface area contributed by atoms with Crippen LogP contribution in [-0.2, 0) is 7.05 Å². The Balaban J connectivity index is 2.56. The molecule has 0 radical (unpaired) electrons. The average molecular weight is 267 g/mol. The predicted molar refractivity (Wildman–Crippen MR) is 67.0 cm³/mol. The van der Waals surface area contributed by atoms with Gasteiger partial charge in [-0.1, -0.05) is 12.1 Å². The van der Waals surface area contributed by atoms with Crippen molar-refractivity contribution >= 4 is 0 Å². The maximum atomic E-state index is 13.9. The highest BCUT2D eigenvalue weighted by molar-refractivity contribution is 5.37. The van der Waals surface area contributed by atoms with E-state index >= 15 is 0 Å². The number of nitrogens with one attached hydrogen (secondary N) is 1. The summed E-state index contributed by atoms with van der Waals surface area (Å²) in [7, 11) is 4.90. The molecule has 4 nitrogen and oxygen atoms in total. The first-order valence-corrected chi connectivity index (χ1v) is 5.77. The lowest BCUT2D eigenvalue weighted by Crippen LogP contribution is -2.22. The van der Waals surface area contributed by atoms with Crippen LogP contribution in [-0.4, -0.2) is 23.9 Å². The summed E-state index contributed by atoms with van der Waals surface area (Å²) in [6.45, 7) is 0. The molecule has 1 unspecified atom stereocenters. The quantitative estimate of drug-likeness (QED) is 0.921. The van der Waals surface area contributed by atoms with Gasteiger partial charge in [-0.15, -0.1) is 0 Å². The lowest BCUT2D eigenvalue weighted by atomic mass is 10.0. The third-order valence-corrected chi connectivity index (χ3v) is 3.02. The van der Waals surface area contributed by atoms with E-state index in [1.54, 1.807) is 18.8 Å². The van der Waals surface area contributed by atoms with Crippen molar-refractivity contribution in [1.29, 1.82) is 0 Å². The Hall–Kier alpha value is -1.95. The average Bonchev–Trinajstić information content (AvgIpc) is 2.77. The van der Waals surface area contributed by atoms with E-state index < -0.39 is 17.7 Å². The molecule has 6 heteroatoms. The van der Waals surface area contributed by atoms with Gasteiger partial charge in [0.25, 0.3) is 0 Å². The van der Waals surface area contributed by atoms with Crippen molar-refractivity contribution in [2.24, 2.45) is 7.05 Å². The third kappa shape index (κ3) is 2.31. The number of methoxy groups -OCH3 is 1. The van der Waals surface area contributed by atoms with Crippen molar-refractivity contribution in [3.8, 4) is 5.75 Å². The minimum Gasteiger partial charge on any atom is -0.493 e. The number of aryl methyl sites for hydroxylation is 1. The van der Waals surface area contributed by atoms with Gasteiger partial charge in [-0.3, -0.25) is 4.68 Å². The summed E-state index contributed by atoms with van der Waals surface area (Å²) in [6.07, 6.45) is 1.54. The first kappa shape index (κ1) is 13.5. The van der Waals surface area contributed by atoms with Crippen LogP contribution in [0.1, 0.15) is 17.3 Å². The van der Waals surface area contributed by atoms with Crippen molar-refractivity contribution in [2.45, 2.75) is 6.04 Å². The van der Waals surface area contributed by atoms with E-state index in [9.17, 15) is 8.78 Å². The zero-order valence-corrected chi connectivity index (χ0v) is 10.9. The molecule has 1 N–H and O–H groups in total. The highest BCUT2D eigenvalue weighted by Gasteiger charge is 2.24. The second-order valence-corrected chi connectivity index (χ2v) is 4.09. The number of nitrogens with zero attached hydrogens (tertiary/aromatic N) is 2. The lowest BCUT2D eigenvalue weighted by molar-refractivity contribution is 0.400. The number of halogens is 2. The van der Waals surface area contributed by atoms with Gasteiger partial charge in [0.05, 0.1) is 19.3 Å². The molecule has 0 fully saturated rings. The van der Waals surface area contributed by atoms with E-state index in [4.69, 9.17) is 4.74 Å². The Morgan fingerprint density at radius 1 is 1.37 bits per heavy atom. The summed E-state index contributed by atoms with van der Waals surface area (Å²) in [6, 6.07) is 3.55. The first-order valence-electron chi connectivity index (χ1n) is 5.77. The number of rotatable bonds is 4. The van der Waals surface area contributed by atoms with Gasteiger partial charge in [-0.05, 0) is 13.1 Å². The molecule has 0 aliphatic carbocycles. The second-order valence-electron chi connectivity index (χ2n) is 4.09. The van der Waals surface area contributed by atoms with Gasteiger partial charge in [-0.2, -0.15) is 5.10 Å².